The Kier molecular flexibility index (Phi) is 3.23. The van der Waals surface area contributed by atoms with E-state index in [9.17, 15) is 0 Å². The van der Waals surface area contributed by atoms with E-state index in [2.05, 4.69) is 44.4 Å². The van der Waals surface area contributed by atoms with Crippen LogP contribution in [0.1, 0.15) is 4.88 Å². The molecule has 3 rings (SSSR count). The molecule has 3 aromatic rings. The van der Waals surface area contributed by atoms with Crippen molar-refractivity contribution in [3.63, 3.8) is 0 Å². The summed E-state index contributed by atoms with van der Waals surface area (Å²) < 4.78 is 2.26. The van der Waals surface area contributed by atoms with Crippen LogP contribution in [0.5, 0.6) is 0 Å². The van der Waals surface area contributed by atoms with Crippen molar-refractivity contribution in [2.24, 2.45) is 0 Å². The van der Waals surface area contributed by atoms with Gasteiger partial charge in [-0.25, -0.2) is 4.98 Å². The largest absolute Gasteiger partial charge is 0.395 e. The molecular formula is C12H10BrN3S2. The normalized spacial score (nSPS) is 10.9. The smallest absolute Gasteiger partial charge is 0.106 e. The number of benzene rings is 1. The van der Waals surface area contributed by atoms with Gasteiger partial charge in [0, 0.05) is 11.4 Å². The van der Waals surface area contributed by atoms with Gasteiger partial charge in [0.1, 0.15) is 5.52 Å². The maximum absolute atomic E-state index is 6.11. The highest BCUT2D eigenvalue weighted by Crippen LogP contribution is 2.31. The number of thiazole rings is 1. The fourth-order valence-electron chi connectivity index (χ4n) is 1.74. The van der Waals surface area contributed by atoms with E-state index in [1.165, 1.54) is 4.88 Å². The molecule has 0 aliphatic rings. The highest BCUT2D eigenvalue weighted by atomic mass is 79.9. The Balaban J connectivity index is 1.84. The van der Waals surface area contributed by atoms with Crippen LogP contribution in [-0.4, -0.2) is 4.98 Å². The van der Waals surface area contributed by atoms with Crippen molar-refractivity contribution in [3.05, 3.63) is 38.4 Å². The first-order chi connectivity index (χ1) is 8.74. The van der Waals surface area contributed by atoms with Crippen LogP contribution in [0.4, 0.5) is 11.4 Å². The fraction of sp³-hybridized carbons (Fsp3) is 0.0833. The Labute approximate surface area is 121 Å². The summed E-state index contributed by atoms with van der Waals surface area (Å²) in [6.45, 7) is 0.774. The molecule has 3 N–H and O–H groups in total. The van der Waals surface area contributed by atoms with Crippen LogP contribution in [-0.2, 0) is 6.54 Å². The number of fused-ring (bicyclic) bond motifs is 1. The van der Waals surface area contributed by atoms with Crippen molar-refractivity contribution < 1.29 is 0 Å². The van der Waals surface area contributed by atoms with Crippen molar-refractivity contribution in [1.29, 1.82) is 0 Å². The predicted molar refractivity (Wildman–Crippen MR) is 83.4 cm³/mol. The summed E-state index contributed by atoms with van der Waals surface area (Å²) in [5.41, 5.74) is 10.5. The highest BCUT2D eigenvalue weighted by Gasteiger charge is 2.06. The first kappa shape index (κ1) is 12.0. The minimum atomic E-state index is 0.726. The molecule has 0 bridgehead atoms. The second-order valence-electron chi connectivity index (χ2n) is 3.79. The summed E-state index contributed by atoms with van der Waals surface area (Å²) in [5.74, 6) is 0. The first-order valence-electron chi connectivity index (χ1n) is 5.34. The summed E-state index contributed by atoms with van der Waals surface area (Å²) in [7, 11) is 0. The molecule has 1 aromatic carbocycles. The van der Waals surface area contributed by atoms with Gasteiger partial charge >= 0.3 is 0 Å². The maximum atomic E-state index is 6.11. The van der Waals surface area contributed by atoms with E-state index in [1.54, 1.807) is 22.7 Å². The Bertz CT molecular complexity index is 690. The van der Waals surface area contributed by atoms with Gasteiger partial charge in [-0.1, -0.05) is 0 Å². The SMILES string of the molecule is Nc1c(NCc2ccc(Br)s2)ccc2scnc12. The second-order valence-corrected chi connectivity index (χ2v) is 7.22. The molecule has 0 spiro atoms. The molecular weight excluding hydrogens is 330 g/mol. The Morgan fingerprint density at radius 1 is 1.28 bits per heavy atom. The molecule has 0 fully saturated rings. The quantitative estimate of drug-likeness (QED) is 0.699. The number of nitrogens with two attached hydrogens (primary N) is 1. The molecule has 3 nitrogen and oxygen atoms in total. The molecule has 18 heavy (non-hydrogen) atoms. The zero-order valence-corrected chi connectivity index (χ0v) is 12.5. The number of aromatic nitrogens is 1. The molecule has 0 atom stereocenters. The standard InChI is InChI=1S/C12H10BrN3S2/c13-10-4-1-7(18-10)5-15-8-2-3-9-12(11(8)14)16-6-17-9/h1-4,6,15H,5,14H2. The van der Waals surface area contributed by atoms with E-state index in [-0.39, 0.29) is 0 Å². The molecule has 0 aliphatic heterocycles. The van der Waals surface area contributed by atoms with Crippen LogP contribution < -0.4 is 11.1 Å². The number of nitrogens with zero attached hydrogens (tertiary/aromatic N) is 1. The number of thiophene rings is 1. The summed E-state index contributed by atoms with van der Waals surface area (Å²) >= 11 is 6.78. The molecule has 2 aromatic heterocycles. The topological polar surface area (TPSA) is 50.9 Å². The molecule has 92 valence electrons. The summed E-state index contributed by atoms with van der Waals surface area (Å²) in [4.78, 5) is 5.55. The fourth-order valence-corrected chi connectivity index (χ4v) is 3.85. The highest BCUT2D eigenvalue weighted by molar-refractivity contribution is 9.11. The van der Waals surface area contributed by atoms with Gasteiger partial charge in [0.15, 0.2) is 0 Å². The zero-order chi connectivity index (χ0) is 12.5. The molecule has 6 heteroatoms. The number of nitrogen functional groups attached to an aromatic ring is 1. The Morgan fingerprint density at radius 3 is 2.94 bits per heavy atom. The van der Waals surface area contributed by atoms with Gasteiger partial charge in [-0.15, -0.1) is 22.7 Å². The molecule has 0 aliphatic carbocycles. The van der Waals surface area contributed by atoms with Crippen LogP contribution in [0.3, 0.4) is 0 Å². The summed E-state index contributed by atoms with van der Waals surface area (Å²) in [6, 6.07) is 8.21. The van der Waals surface area contributed by atoms with Gasteiger partial charge in [-0.05, 0) is 40.2 Å². The number of halogens is 1. The zero-order valence-electron chi connectivity index (χ0n) is 9.31. The lowest BCUT2D eigenvalue weighted by Gasteiger charge is -2.08. The Morgan fingerprint density at radius 2 is 2.17 bits per heavy atom. The van der Waals surface area contributed by atoms with Crippen molar-refractivity contribution >= 4 is 60.2 Å². The van der Waals surface area contributed by atoms with Gasteiger partial charge in [0.2, 0.25) is 0 Å². The van der Waals surface area contributed by atoms with Crippen LogP contribution in [0.25, 0.3) is 10.2 Å². The number of rotatable bonds is 3. The van der Waals surface area contributed by atoms with Crippen molar-refractivity contribution in [3.8, 4) is 0 Å². The van der Waals surface area contributed by atoms with Gasteiger partial charge in [-0.3, -0.25) is 0 Å². The van der Waals surface area contributed by atoms with Crippen LogP contribution in [0.15, 0.2) is 33.6 Å². The average Bonchev–Trinajstić information content (AvgIpc) is 2.97. The summed E-state index contributed by atoms with van der Waals surface area (Å²) in [6.07, 6.45) is 0. The van der Waals surface area contributed by atoms with Gasteiger partial charge in [-0.2, -0.15) is 0 Å². The molecule has 0 saturated carbocycles. The minimum absolute atomic E-state index is 0.726. The van der Waals surface area contributed by atoms with Crippen LogP contribution >= 0.6 is 38.6 Å². The lowest BCUT2D eigenvalue weighted by molar-refractivity contribution is 1.20. The van der Waals surface area contributed by atoms with Gasteiger partial charge in [0.25, 0.3) is 0 Å². The monoisotopic (exact) mass is 339 g/mol. The van der Waals surface area contributed by atoms with E-state index in [1.807, 2.05) is 11.6 Å². The number of nitrogens with one attached hydrogen (secondary N) is 1. The molecule has 0 saturated heterocycles. The third-order valence-corrected chi connectivity index (χ3v) is 5.04. The number of anilines is 2. The molecule has 0 amide bonds. The van der Waals surface area contributed by atoms with Gasteiger partial charge in [0.05, 0.1) is 25.4 Å². The van der Waals surface area contributed by atoms with E-state index < -0.39 is 0 Å². The molecule has 0 unspecified atom stereocenters. The summed E-state index contributed by atoms with van der Waals surface area (Å²) in [5, 5.41) is 3.35. The lowest BCUT2D eigenvalue weighted by atomic mass is 10.2. The number of hydrogen-bond acceptors (Lipinski definition) is 5. The molecule has 0 radical (unpaired) electrons. The minimum Gasteiger partial charge on any atom is -0.395 e. The second kappa shape index (κ2) is 4.87. The molecule has 2 heterocycles. The average molecular weight is 340 g/mol. The van der Waals surface area contributed by atoms with E-state index in [0.29, 0.717) is 0 Å². The van der Waals surface area contributed by atoms with Crippen molar-refractivity contribution in [1.82, 2.24) is 4.98 Å². The van der Waals surface area contributed by atoms with Crippen molar-refractivity contribution in [2.75, 3.05) is 11.1 Å². The maximum Gasteiger partial charge on any atom is 0.106 e. The third-order valence-electron chi connectivity index (χ3n) is 2.62. The third kappa shape index (κ3) is 2.23. The van der Waals surface area contributed by atoms with E-state index in [0.717, 1.165) is 31.9 Å². The van der Waals surface area contributed by atoms with Crippen molar-refractivity contribution in [2.45, 2.75) is 6.54 Å². The van der Waals surface area contributed by atoms with E-state index in [4.69, 9.17) is 5.73 Å². The Hall–Kier alpha value is -1.11. The predicted octanol–water partition coefficient (Wildman–Crippen LogP) is 4.31. The number of hydrogen-bond donors (Lipinski definition) is 2. The van der Waals surface area contributed by atoms with Gasteiger partial charge < -0.3 is 11.1 Å². The lowest BCUT2D eigenvalue weighted by Crippen LogP contribution is -2.01. The van der Waals surface area contributed by atoms with Crippen LogP contribution in [0, 0.1) is 0 Å². The first-order valence-corrected chi connectivity index (χ1v) is 7.83. The van der Waals surface area contributed by atoms with Crippen LogP contribution in [0.2, 0.25) is 0 Å². The van der Waals surface area contributed by atoms with E-state index >= 15 is 0 Å².